The van der Waals surface area contributed by atoms with Crippen LogP contribution in [-0.2, 0) is 9.53 Å². The smallest absolute Gasteiger partial charge is 0.408 e. The largest absolute Gasteiger partial charge is 0.444 e. The van der Waals surface area contributed by atoms with Gasteiger partial charge in [-0.15, -0.1) is 0 Å². The molecule has 0 aromatic rings. The van der Waals surface area contributed by atoms with Crippen molar-refractivity contribution in [1.29, 1.82) is 0 Å². The summed E-state index contributed by atoms with van der Waals surface area (Å²) in [4.78, 5) is 23.8. The fourth-order valence-electron chi connectivity index (χ4n) is 1.38. The molecule has 0 unspecified atom stereocenters. The van der Waals surface area contributed by atoms with Crippen molar-refractivity contribution in [1.82, 2.24) is 10.6 Å². The molecule has 0 aliphatic rings. The Morgan fingerprint density at radius 3 is 2.05 bits per heavy atom. The van der Waals surface area contributed by atoms with Crippen LogP contribution in [0.5, 0.6) is 0 Å². The highest BCUT2D eigenvalue weighted by Crippen LogP contribution is 2.20. The van der Waals surface area contributed by atoms with Gasteiger partial charge in [0.05, 0.1) is 0 Å². The molecule has 0 radical (unpaired) electrons. The summed E-state index contributed by atoms with van der Waals surface area (Å²) in [7, 11) is 0. The van der Waals surface area contributed by atoms with Crippen LogP contribution >= 0.6 is 12.6 Å². The highest BCUT2D eigenvalue weighted by molar-refractivity contribution is 7.80. The second-order valence-electron chi connectivity index (χ2n) is 6.46. The third-order valence-corrected chi connectivity index (χ3v) is 2.42. The number of rotatable bonds is 4. The van der Waals surface area contributed by atoms with Gasteiger partial charge in [-0.2, -0.15) is 12.6 Å². The van der Waals surface area contributed by atoms with Gasteiger partial charge in [-0.1, -0.05) is 20.8 Å². The highest BCUT2D eigenvalue weighted by Gasteiger charge is 2.33. The Morgan fingerprint density at radius 1 is 1.16 bits per heavy atom. The van der Waals surface area contributed by atoms with Crippen molar-refractivity contribution in [2.45, 2.75) is 53.2 Å². The number of carbonyl (C=O) groups is 2. The van der Waals surface area contributed by atoms with Crippen LogP contribution in [0.15, 0.2) is 0 Å². The lowest BCUT2D eigenvalue weighted by molar-refractivity contribution is -0.125. The Balaban J connectivity index is 4.71. The molecule has 2 amide bonds. The zero-order valence-corrected chi connectivity index (χ0v) is 13.6. The van der Waals surface area contributed by atoms with E-state index in [9.17, 15) is 9.59 Å². The molecule has 0 aliphatic heterocycles. The van der Waals surface area contributed by atoms with Crippen LogP contribution in [0.1, 0.15) is 41.5 Å². The standard InChI is InChI=1S/C13H26N2O3S/c1-12(2,3)9(10(16)14-7-8-19)15-11(17)18-13(4,5)6/h9,19H,7-8H2,1-6H3,(H,14,16)(H,15,17)/t9-/m1/s1. The van der Waals surface area contributed by atoms with Gasteiger partial charge in [0.1, 0.15) is 11.6 Å². The van der Waals surface area contributed by atoms with Crippen LogP contribution in [0.3, 0.4) is 0 Å². The monoisotopic (exact) mass is 290 g/mol. The highest BCUT2D eigenvalue weighted by atomic mass is 32.1. The first-order valence-electron chi connectivity index (χ1n) is 6.35. The number of hydrogen-bond donors (Lipinski definition) is 3. The first-order valence-corrected chi connectivity index (χ1v) is 6.98. The van der Waals surface area contributed by atoms with Gasteiger partial charge in [-0.25, -0.2) is 4.79 Å². The molecular weight excluding hydrogens is 264 g/mol. The molecule has 5 nitrogen and oxygen atoms in total. The van der Waals surface area contributed by atoms with Crippen LogP contribution in [-0.4, -0.2) is 35.9 Å². The average molecular weight is 290 g/mol. The lowest BCUT2D eigenvalue weighted by Crippen LogP contribution is -2.54. The van der Waals surface area contributed by atoms with Gasteiger partial charge in [-0.3, -0.25) is 4.79 Å². The maximum atomic E-state index is 12.0. The number of thiol groups is 1. The molecular formula is C13H26N2O3S. The Kier molecular flexibility index (Phi) is 6.69. The number of amides is 2. The minimum atomic E-state index is -0.651. The van der Waals surface area contributed by atoms with E-state index in [1.807, 2.05) is 20.8 Å². The van der Waals surface area contributed by atoms with E-state index in [4.69, 9.17) is 4.74 Å². The predicted molar refractivity (Wildman–Crippen MR) is 79.5 cm³/mol. The van der Waals surface area contributed by atoms with E-state index >= 15 is 0 Å². The summed E-state index contributed by atoms with van der Waals surface area (Å²) in [5, 5.41) is 5.35. The van der Waals surface area contributed by atoms with Crippen molar-refractivity contribution in [2.75, 3.05) is 12.3 Å². The fourth-order valence-corrected chi connectivity index (χ4v) is 1.49. The lowest BCUT2D eigenvalue weighted by atomic mass is 9.86. The molecule has 112 valence electrons. The first kappa shape index (κ1) is 18.1. The Hall–Kier alpha value is -0.910. The van der Waals surface area contributed by atoms with Crippen molar-refractivity contribution >= 4 is 24.6 Å². The molecule has 1 atom stereocenters. The molecule has 19 heavy (non-hydrogen) atoms. The van der Waals surface area contributed by atoms with Crippen molar-refractivity contribution in [3.05, 3.63) is 0 Å². The van der Waals surface area contributed by atoms with Gasteiger partial charge in [0.2, 0.25) is 5.91 Å². The van der Waals surface area contributed by atoms with Crippen LogP contribution < -0.4 is 10.6 Å². The van der Waals surface area contributed by atoms with Crippen LogP contribution in [0.25, 0.3) is 0 Å². The summed E-state index contributed by atoms with van der Waals surface area (Å²) in [6, 6.07) is -0.651. The van der Waals surface area contributed by atoms with Crippen molar-refractivity contribution in [2.24, 2.45) is 5.41 Å². The molecule has 0 aromatic heterocycles. The zero-order valence-electron chi connectivity index (χ0n) is 12.7. The van der Waals surface area contributed by atoms with Gasteiger partial charge in [0, 0.05) is 12.3 Å². The van der Waals surface area contributed by atoms with E-state index in [-0.39, 0.29) is 5.91 Å². The Morgan fingerprint density at radius 2 is 1.68 bits per heavy atom. The summed E-state index contributed by atoms with van der Waals surface area (Å²) >= 11 is 4.04. The molecule has 6 heteroatoms. The molecule has 0 aromatic carbocycles. The number of hydrogen-bond acceptors (Lipinski definition) is 4. The van der Waals surface area contributed by atoms with Crippen LogP contribution in [0.2, 0.25) is 0 Å². The topological polar surface area (TPSA) is 67.4 Å². The molecule has 0 spiro atoms. The molecule has 0 heterocycles. The van der Waals surface area contributed by atoms with E-state index in [1.165, 1.54) is 0 Å². The van der Waals surface area contributed by atoms with Crippen molar-refractivity contribution < 1.29 is 14.3 Å². The molecule has 0 fully saturated rings. The Bertz CT molecular complexity index is 319. The lowest BCUT2D eigenvalue weighted by Gasteiger charge is -2.31. The van der Waals surface area contributed by atoms with Gasteiger partial charge in [0.15, 0.2) is 0 Å². The Labute approximate surface area is 121 Å². The number of carbonyl (C=O) groups excluding carboxylic acids is 2. The summed E-state index contributed by atoms with van der Waals surface area (Å²) in [5.74, 6) is 0.321. The number of ether oxygens (including phenoxy) is 1. The van der Waals surface area contributed by atoms with Gasteiger partial charge < -0.3 is 15.4 Å². The van der Waals surface area contributed by atoms with E-state index in [0.29, 0.717) is 12.3 Å². The van der Waals surface area contributed by atoms with E-state index < -0.39 is 23.2 Å². The summed E-state index contributed by atoms with van der Waals surface area (Å²) < 4.78 is 5.17. The van der Waals surface area contributed by atoms with E-state index in [1.54, 1.807) is 20.8 Å². The van der Waals surface area contributed by atoms with E-state index in [0.717, 1.165) is 0 Å². The first-order chi connectivity index (χ1) is 8.47. The molecule has 2 N–H and O–H groups in total. The minimum Gasteiger partial charge on any atom is -0.444 e. The second kappa shape index (κ2) is 7.03. The predicted octanol–water partition coefficient (Wildman–Crippen LogP) is 1.97. The third kappa shape index (κ3) is 7.97. The van der Waals surface area contributed by atoms with Gasteiger partial charge >= 0.3 is 6.09 Å². The molecule has 0 rings (SSSR count). The third-order valence-electron chi connectivity index (χ3n) is 2.20. The van der Waals surface area contributed by atoms with Gasteiger partial charge in [0.25, 0.3) is 0 Å². The normalized spacial score (nSPS) is 13.6. The quantitative estimate of drug-likeness (QED) is 0.694. The van der Waals surface area contributed by atoms with Crippen molar-refractivity contribution in [3.8, 4) is 0 Å². The fraction of sp³-hybridized carbons (Fsp3) is 0.846. The van der Waals surface area contributed by atoms with Crippen LogP contribution in [0.4, 0.5) is 4.79 Å². The molecule has 0 saturated heterocycles. The maximum absolute atomic E-state index is 12.0. The summed E-state index contributed by atoms with van der Waals surface area (Å²) in [5.41, 5.74) is -0.994. The molecule has 0 saturated carbocycles. The van der Waals surface area contributed by atoms with Crippen LogP contribution in [0, 0.1) is 5.41 Å². The second-order valence-corrected chi connectivity index (χ2v) is 6.91. The summed E-state index contributed by atoms with van der Waals surface area (Å²) in [6.45, 7) is 11.4. The minimum absolute atomic E-state index is 0.229. The molecule has 0 aliphatic carbocycles. The number of nitrogens with one attached hydrogen (secondary N) is 2. The average Bonchev–Trinajstić information content (AvgIpc) is 2.18. The summed E-state index contributed by atoms with van der Waals surface area (Å²) in [6.07, 6.45) is -0.589. The van der Waals surface area contributed by atoms with Crippen molar-refractivity contribution in [3.63, 3.8) is 0 Å². The molecule has 0 bridgehead atoms. The van der Waals surface area contributed by atoms with E-state index in [2.05, 4.69) is 23.3 Å². The maximum Gasteiger partial charge on any atom is 0.408 e. The SMILES string of the molecule is CC(C)(C)OC(=O)N[C@H](C(=O)NCCS)C(C)(C)C. The zero-order chi connectivity index (χ0) is 15.3. The number of alkyl carbamates (subject to hydrolysis) is 1. The van der Waals surface area contributed by atoms with Gasteiger partial charge in [-0.05, 0) is 26.2 Å².